The lowest BCUT2D eigenvalue weighted by atomic mass is 10.1. The second kappa shape index (κ2) is 6.48. The number of likely N-dealkylation sites (tertiary alicyclic amines) is 1. The van der Waals surface area contributed by atoms with Crippen LogP contribution in [0.3, 0.4) is 0 Å². The number of ether oxygens (including phenoxy) is 1. The molecule has 0 aromatic carbocycles. The van der Waals surface area contributed by atoms with E-state index >= 15 is 0 Å². The fourth-order valence-electron chi connectivity index (χ4n) is 1.89. The highest BCUT2D eigenvalue weighted by molar-refractivity contribution is 5.77. The minimum atomic E-state index is -0.842. The molecule has 0 atom stereocenters. The normalized spacial score (nSPS) is 17.4. The van der Waals surface area contributed by atoms with Gasteiger partial charge in [-0.25, -0.2) is 0 Å². The Hall–Kier alpha value is -1.10. The first kappa shape index (κ1) is 13.0. The molecule has 0 aliphatic carbocycles. The Labute approximate surface area is 95.4 Å². The average Bonchev–Trinajstić information content (AvgIpc) is 2.28. The summed E-state index contributed by atoms with van der Waals surface area (Å²) >= 11 is 0. The van der Waals surface area contributed by atoms with Crippen LogP contribution >= 0.6 is 0 Å². The van der Waals surface area contributed by atoms with E-state index in [0.717, 1.165) is 25.9 Å². The zero-order valence-electron chi connectivity index (χ0n) is 9.65. The number of amides is 1. The molecule has 0 spiro atoms. The van der Waals surface area contributed by atoms with Gasteiger partial charge in [-0.05, 0) is 19.3 Å². The lowest BCUT2D eigenvalue weighted by Gasteiger charge is -2.31. The van der Waals surface area contributed by atoms with Gasteiger partial charge in [0, 0.05) is 33.0 Å². The van der Waals surface area contributed by atoms with Crippen molar-refractivity contribution < 1.29 is 19.4 Å². The molecule has 5 heteroatoms. The van der Waals surface area contributed by atoms with Gasteiger partial charge < -0.3 is 14.7 Å². The van der Waals surface area contributed by atoms with Crippen molar-refractivity contribution in [1.29, 1.82) is 0 Å². The Morgan fingerprint density at radius 2 is 1.94 bits per heavy atom. The summed E-state index contributed by atoms with van der Waals surface area (Å²) in [5.74, 6) is -0.776. The van der Waals surface area contributed by atoms with Gasteiger partial charge in [0.15, 0.2) is 0 Å². The number of methoxy groups -OCH3 is 1. The van der Waals surface area contributed by atoms with Gasteiger partial charge in [0.25, 0.3) is 0 Å². The zero-order chi connectivity index (χ0) is 12.0. The Kier molecular flexibility index (Phi) is 5.25. The van der Waals surface area contributed by atoms with E-state index in [0.29, 0.717) is 12.8 Å². The molecular weight excluding hydrogens is 210 g/mol. The molecule has 1 saturated heterocycles. The summed E-state index contributed by atoms with van der Waals surface area (Å²) in [5, 5.41) is 8.46. The molecule has 1 amide bonds. The third-order valence-corrected chi connectivity index (χ3v) is 2.91. The summed E-state index contributed by atoms with van der Waals surface area (Å²) in [5.41, 5.74) is 0. The number of hydrogen-bond donors (Lipinski definition) is 1. The molecule has 0 aromatic heterocycles. The lowest BCUT2D eigenvalue weighted by molar-refractivity contribution is -0.137. The van der Waals surface area contributed by atoms with Crippen molar-refractivity contribution in [2.24, 2.45) is 0 Å². The van der Waals surface area contributed by atoms with Crippen molar-refractivity contribution in [3.63, 3.8) is 0 Å². The number of rotatable bonds is 5. The van der Waals surface area contributed by atoms with Crippen LogP contribution in [0.15, 0.2) is 0 Å². The van der Waals surface area contributed by atoms with Gasteiger partial charge in [-0.1, -0.05) is 0 Å². The second-order valence-electron chi connectivity index (χ2n) is 4.06. The molecule has 1 rings (SSSR count). The fourth-order valence-corrected chi connectivity index (χ4v) is 1.89. The van der Waals surface area contributed by atoms with Crippen LogP contribution in [0.5, 0.6) is 0 Å². The number of carbonyl (C=O) groups excluding carboxylic acids is 1. The number of carboxylic acids is 1. The van der Waals surface area contributed by atoms with Crippen LogP contribution in [0, 0.1) is 0 Å². The molecule has 1 aliphatic rings. The fraction of sp³-hybridized carbons (Fsp3) is 0.818. The van der Waals surface area contributed by atoms with Crippen molar-refractivity contribution >= 4 is 11.9 Å². The van der Waals surface area contributed by atoms with Gasteiger partial charge in [-0.2, -0.15) is 0 Å². The third-order valence-electron chi connectivity index (χ3n) is 2.91. The van der Waals surface area contributed by atoms with Gasteiger partial charge in [0.2, 0.25) is 5.91 Å². The molecule has 1 fully saturated rings. The average molecular weight is 229 g/mol. The Morgan fingerprint density at radius 1 is 1.31 bits per heavy atom. The number of carbonyl (C=O) groups is 2. The Morgan fingerprint density at radius 3 is 2.44 bits per heavy atom. The van der Waals surface area contributed by atoms with E-state index in [4.69, 9.17) is 9.84 Å². The summed E-state index contributed by atoms with van der Waals surface area (Å²) < 4.78 is 5.22. The SMILES string of the molecule is COC1CCN(C(=O)CCCC(=O)O)CC1. The molecule has 1 N–H and O–H groups in total. The minimum Gasteiger partial charge on any atom is -0.481 e. The standard InChI is InChI=1S/C11H19NO4/c1-16-9-5-7-12(8-6-9)10(13)3-2-4-11(14)15/h9H,2-8H2,1H3,(H,14,15). The highest BCUT2D eigenvalue weighted by atomic mass is 16.5. The highest BCUT2D eigenvalue weighted by Gasteiger charge is 2.21. The predicted molar refractivity (Wildman–Crippen MR) is 58.1 cm³/mol. The molecule has 0 unspecified atom stereocenters. The molecule has 0 radical (unpaired) electrons. The molecule has 0 saturated carbocycles. The van der Waals surface area contributed by atoms with E-state index in [-0.39, 0.29) is 18.4 Å². The molecule has 1 heterocycles. The molecular formula is C11H19NO4. The molecule has 1 aliphatic heterocycles. The Bertz CT molecular complexity index is 246. The van der Waals surface area contributed by atoms with Crippen LogP contribution in [0.1, 0.15) is 32.1 Å². The number of piperidine rings is 1. The minimum absolute atomic E-state index is 0.0656. The largest absolute Gasteiger partial charge is 0.481 e. The summed E-state index contributed by atoms with van der Waals surface area (Å²) in [7, 11) is 1.69. The van der Waals surface area contributed by atoms with E-state index in [1.165, 1.54) is 0 Å². The van der Waals surface area contributed by atoms with E-state index < -0.39 is 5.97 Å². The monoisotopic (exact) mass is 229 g/mol. The van der Waals surface area contributed by atoms with E-state index in [2.05, 4.69) is 0 Å². The number of carboxylic acid groups (broad SMARTS) is 1. The Balaban J connectivity index is 2.20. The molecule has 0 aromatic rings. The van der Waals surface area contributed by atoms with Crippen molar-refractivity contribution in [1.82, 2.24) is 4.90 Å². The maximum Gasteiger partial charge on any atom is 0.303 e. The van der Waals surface area contributed by atoms with E-state index in [1.54, 1.807) is 12.0 Å². The molecule has 16 heavy (non-hydrogen) atoms. The first-order chi connectivity index (χ1) is 7.63. The van der Waals surface area contributed by atoms with E-state index in [9.17, 15) is 9.59 Å². The second-order valence-corrected chi connectivity index (χ2v) is 4.06. The van der Waals surface area contributed by atoms with Crippen molar-refractivity contribution in [3.8, 4) is 0 Å². The van der Waals surface area contributed by atoms with Gasteiger partial charge in [-0.15, -0.1) is 0 Å². The number of hydrogen-bond acceptors (Lipinski definition) is 3. The topological polar surface area (TPSA) is 66.8 Å². The van der Waals surface area contributed by atoms with Crippen LogP contribution in [-0.2, 0) is 14.3 Å². The first-order valence-corrected chi connectivity index (χ1v) is 5.66. The van der Waals surface area contributed by atoms with Crippen molar-refractivity contribution in [2.75, 3.05) is 20.2 Å². The maximum atomic E-state index is 11.7. The summed E-state index contributed by atoms with van der Waals surface area (Å²) in [6.45, 7) is 1.45. The van der Waals surface area contributed by atoms with Crippen molar-refractivity contribution in [3.05, 3.63) is 0 Å². The van der Waals surface area contributed by atoms with Gasteiger partial charge in [0.1, 0.15) is 0 Å². The van der Waals surface area contributed by atoms with Gasteiger partial charge in [-0.3, -0.25) is 9.59 Å². The summed E-state index contributed by atoms with van der Waals surface area (Å²) in [6.07, 6.45) is 2.85. The van der Waals surface area contributed by atoms with Gasteiger partial charge in [0.05, 0.1) is 6.10 Å². The van der Waals surface area contributed by atoms with Crippen LogP contribution in [0.2, 0.25) is 0 Å². The van der Waals surface area contributed by atoms with Crippen LogP contribution in [-0.4, -0.2) is 48.2 Å². The molecule has 0 bridgehead atoms. The summed E-state index contributed by atoms with van der Waals surface area (Å²) in [6, 6.07) is 0. The van der Waals surface area contributed by atoms with E-state index in [1.807, 2.05) is 0 Å². The predicted octanol–water partition coefficient (Wildman–Crippen LogP) is 0.879. The van der Waals surface area contributed by atoms with Gasteiger partial charge >= 0.3 is 5.97 Å². The smallest absolute Gasteiger partial charge is 0.303 e. The van der Waals surface area contributed by atoms with Crippen LogP contribution in [0.4, 0.5) is 0 Å². The van der Waals surface area contributed by atoms with Crippen molar-refractivity contribution in [2.45, 2.75) is 38.2 Å². The molecule has 5 nitrogen and oxygen atoms in total. The highest BCUT2D eigenvalue weighted by Crippen LogP contribution is 2.14. The summed E-state index contributed by atoms with van der Waals surface area (Å²) in [4.78, 5) is 23.8. The maximum absolute atomic E-state index is 11.7. The zero-order valence-corrected chi connectivity index (χ0v) is 9.65. The first-order valence-electron chi connectivity index (χ1n) is 5.66. The number of aliphatic carboxylic acids is 1. The quantitative estimate of drug-likeness (QED) is 0.760. The molecule has 92 valence electrons. The lowest BCUT2D eigenvalue weighted by Crippen LogP contribution is -2.40. The third kappa shape index (κ3) is 4.18. The number of nitrogens with zero attached hydrogens (tertiary/aromatic N) is 1. The van der Waals surface area contributed by atoms with Crippen LogP contribution in [0.25, 0.3) is 0 Å². The van der Waals surface area contributed by atoms with Crippen LogP contribution < -0.4 is 0 Å².